The van der Waals surface area contributed by atoms with E-state index in [1.165, 1.54) is 17.4 Å². The van der Waals surface area contributed by atoms with Gasteiger partial charge in [0.15, 0.2) is 17.3 Å². The summed E-state index contributed by atoms with van der Waals surface area (Å²) in [7, 11) is 2.25. The number of halogens is 1. The zero-order valence-corrected chi connectivity index (χ0v) is 24.9. The highest BCUT2D eigenvalue weighted by atomic mass is 31.0. The van der Waals surface area contributed by atoms with Crippen LogP contribution in [0, 0.1) is 11.3 Å². The minimum Gasteiger partial charge on any atom is -0.301 e. The van der Waals surface area contributed by atoms with Crippen molar-refractivity contribution in [3.8, 4) is 39.8 Å². The quantitative estimate of drug-likeness (QED) is 0.221. The Kier molecular flexibility index (Phi) is 7.38. The fourth-order valence-electron chi connectivity index (χ4n) is 5.44. The summed E-state index contributed by atoms with van der Waals surface area (Å²) in [5.74, 6) is 0.479. The van der Waals surface area contributed by atoms with Gasteiger partial charge < -0.3 is 4.90 Å². The predicted octanol–water partition coefficient (Wildman–Crippen LogP) is 5.12. The first kappa shape index (κ1) is 27.9. The molecule has 0 saturated carbocycles. The van der Waals surface area contributed by atoms with Gasteiger partial charge in [0.1, 0.15) is 0 Å². The number of hydrogen-bond donors (Lipinski definition) is 0. The number of nitriles is 1. The first-order chi connectivity index (χ1) is 21.5. The zero-order chi connectivity index (χ0) is 30.1. The number of fused-ring (bicyclic) bond motifs is 1. The van der Waals surface area contributed by atoms with E-state index in [2.05, 4.69) is 50.6 Å². The number of benzene rings is 2. The van der Waals surface area contributed by atoms with Crippen LogP contribution in [-0.2, 0) is 12.0 Å². The number of alkyl halides is 1. The maximum Gasteiger partial charge on any atom is 0.209 e. The Morgan fingerprint density at radius 3 is 2.48 bits per heavy atom. The number of aromatic nitrogens is 8. The topological polar surface area (TPSA) is 114 Å². The first-order valence-electron chi connectivity index (χ1n) is 14.4. The summed E-state index contributed by atoms with van der Waals surface area (Å²) >= 11 is 0. The summed E-state index contributed by atoms with van der Waals surface area (Å²) < 4.78 is 20.0. The highest BCUT2D eigenvalue weighted by Crippen LogP contribution is 2.40. The van der Waals surface area contributed by atoms with E-state index in [4.69, 9.17) is 0 Å². The second kappa shape index (κ2) is 11.6. The lowest BCUT2D eigenvalue weighted by molar-refractivity contribution is 0.316. The molecule has 0 bridgehead atoms. The van der Waals surface area contributed by atoms with Gasteiger partial charge in [-0.1, -0.05) is 39.6 Å². The molecule has 2 aromatic carbocycles. The van der Waals surface area contributed by atoms with E-state index in [0.29, 0.717) is 33.9 Å². The average Bonchev–Trinajstić information content (AvgIpc) is 3.85. The van der Waals surface area contributed by atoms with Crippen LogP contribution in [0.15, 0.2) is 85.5 Å². The Morgan fingerprint density at radius 1 is 0.864 bits per heavy atom. The first-order valence-corrected chi connectivity index (χ1v) is 14.9. The highest BCUT2D eigenvalue weighted by molar-refractivity contribution is 7.18. The van der Waals surface area contributed by atoms with E-state index in [0.717, 1.165) is 42.9 Å². The highest BCUT2D eigenvalue weighted by Gasteiger charge is 2.35. The zero-order valence-electron chi connectivity index (χ0n) is 23.8. The van der Waals surface area contributed by atoms with Crippen LogP contribution >= 0.6 is 9.24 Å². The molecule has 4 aromatic heterocycles. The number of nitrogens with zero attached hydrogens (tertiary/aromatic N) is 10. The molecule has 1 fully saturated rings. The van der Waals surface area contributed by atoms with E-state index in [1.54, 1.807) is 60.9 Å². The lowest BCUT2D eigenvalue weighted by Crippen LogP contribution is -2.24. The number of likely N-dealkylation sites (tertiary alicyclic amines) is 1. The van der Waals surface area contributed by atoms with Crippen LogP contribution in [0.25, 0.3) is 39.4 Å². The van der Waals surface area contributed by atoms with E-state index < -0.39 is 5.41 Å². The molecule has 1 aliphatic heterocycles. The van der Waals surface area contributed by atoms with E-state index >= 15 is 4.39 Å². The van der Waals surface area contributed by atoms with Crippen molar-refractivity contribution in [1.82, 2.24) is 44.5 Å². The van der Waals surface area contributed by atoms with E-state index in [1.807, 2.05) is 29.2 Å². The molecule has 44 heavy (non-hydrogen) atoms. The Hall–Kier alpha value is -4.91. The molecule has 2 atom stereocenters. The van der Waals surface area contributed by atoms with Gasteiger partial charge >= 0.3 is 0 Å². The third kappa shape index (κ3) is 5.46. The Balaban J connectivity index is 1.13. The Labute approximate surface area is 255 Å². The molecule has 1 aliphatic rings. The van der Waals surface area contributed by atoms with Crippen LogP contribution in [0.1, 0.15) is 29.8 Å². The van der Waals surface area contributed by atoms with Crippen LogP contribution in [-0.4, -0.2) is 64.1 Å². The fourth-order valence-corrected chi connectivity index (χ4v) is 5.80. The third-order valence-electron chi connectivity index (χ3n) is 7.88. The second-order valence-electron chi connectivity index (χ2n) is 10.8. The van der Waals surface area contributed by atoms with Crippen LogP contribution < -0.4 is 0 Å². The SMILES string of the molecule is N#Cc1cccc(-c2ccc3nnc(C(F)(P)c4cccc(-c5ncc(-c6cnn(CCN7CCCC7)c6)cn5)c4)n3n2)c1. The molecule has 0 radical (unpaired) electrons. The molecule has 0 amide bonds. The molecular formula is C32H28FN10P. The number of rotatable bonds is 8. The fraction of sp³-hybridized carbons (Fsp3) is 0.219. The van der Waals surface area contributed by atoms with Crippen molar-refractivity contribution >= 4 is 14.9 Å². The van der Waals surface area contributed by atoms with Gasteiger partial charge in [-0.15, -0.1) is 10.2 Å². The van der Waals surface area contributed by atoms with Crippen molar-refractivity contribution < 1.29 is 4.39 Å². The van der Waals surface area contributed by atoms with Crippen molar-refractivity contribution in [3.63, 3.8) is 0 Å². The predicted molar refractivity (Wildman–Crippen MR) is 167 cm³/mol. The lowest BCUT2D eigenvalue weighted by atomic mass is 10.0. The summed E-state index contributed by atoms with van der Waals surface area (Å²) in [5.41, 5.74) is 5.01. The molecule has 0 N–H and O–H groups in total. The van der Waals surface area contributed by atoms with Gasteiger partial charge in [0.2, 0.25) is 5.41 Å². The van der Waals surface area contributed by atoms with Crippen molar-refractivity contribution in [2.75, 3.05) is 19.6 Å². The molecule has 7 rings (SSSR count). The maximum atomic E-state index is 16.6. The summed E-state index contributed by atoms with van der Waals surface area (Å²) in [4.78, 5) is 11.6. The smallest absolute Gasteiger partial charge is 0.209 e. The van der Waals surface area contributed by atoms with Crippen molar-refractivity contribution in [3.05, 3.63) is 102 Å². The maximum absolute atomic E-state index is 16.6. The summed E-state index contributed by atoms with van der Waals surface area (Å²) in [6.07, 6.45) is 9.92. The molecular weight excluding hydrogens is 574 g/mol. The van der Waals surface area contributed by atoms with Gasteiger partial charge in [0.05, 0.1) is 30.1 Å². The molecule has 5 heterocycles. The molecule has 12 heteroatoms. The standard InChI is InChI=1S/C32H28FN10P/c33-32(44,31-39-38-29-10-9-28(40-43(29)31)23-6-3-5-22(15-23)17-34)27-8-4-7-24(16-27)30-35-18-25(19-36-30)26-20-37-42(21-26)14-13-41-11-1-2-12-41/h3-10,15-16,18-21H,1-2,11-14,44H2. The average molecular weight is 603 g/mol. The van der Waals surface area contributed by atoms with Gasteiger partial charge in [-0.3, -0.25) is 4.68 Å². The monoisotopic (exact) mass is 602 g/mol. The molecule has 0 aliphatic carbocycles. The summed E-state index contributed by atoms with van der Waals surface area (Å²) in [6, 6.07) is 19.7. The van der Waals surface area contributed by atoms with Crippen molar-refractivity contribution in [2.24, 2.45) is 0 Å². The van der Waals surface area contributed by atoms with Crippen molar-refractivity contribution in [1.29, 1.82) is 5.26 Å². The Bertz CT molecular complexity index is 1990. The van der Waals surface area contributed by atoms with Gasteiger partial charge in [-0.2, -0.15) is 20.0 Å². The number of hydrogen-bond acceptors (Lipinski definition) is 8. The second-order valence-corrected chi connectivity index (χ2v) is 11.6. The molecule has 218 valence electrons. The lowest BCUT2D eigenvalue weighted by Gasteiger charge is -2.19. The summed E-state index contributed by atoms with van der Waals surface area (Å²) in [6.45, 7) is 4.17. The minimum atomic E-state index is -2.11. The van der Waals surface area contributed by atoms with Gasteiger partial charge in [-0.25, -0.2) is 14.4 Å². The summed E-state index contributed by atoms with van der Waals surface area (Å²) in [5, 5.41) is 24.6. The Morgan fingerprint density at radius 2 is 1.66 bits per heavy atom. The van der Waals surface area contributed by atoms with Gasteiger partial charge in [0, 0.05) is 53.0 Å². The third-order valence-corrected chi connectivity index (χ3v) is 8.47. The molecule has 10 nitrogen and oxygen atoms in total. The minimum absolute atomic E-state index is 0.00551. The molecule has 0 spiro atoms. The van der Waals surface area contributed by atoms with Crippen molar-refractivity contribution in [2.45, 2.75) is 24.8 Å². The van der Waals surface area contributed by atoms with E-state index in [-0.39, 0.29) is 5.82 Å². The largest absolute Gasteiger partial charge is 0.301 e. The molecule has 2 unspecified atom stereocenters. The van der Waals surface area contributed by atoms with Crippen LogP contribution in [0.2, 0.25) is 0 Å². The molecule has 1 saturated heterocycles. The molecule has 6 aromatic rings. The van der Waals surface area contributed by atoms with E-state index in [9.17, 15) is 5.26 Å². The van der Waals surface area contributed by atoms with Crippen LogP contribution in [0.5, 0.6) is 0 Å². The van der Waals surface area contributed by atoms with Gasteiger partial charge in [0.25, 0.3) is 0 Å². The van der Waals surface area contributed by atoms with Gasteiger partial charge in [-0.05, 0) is 56.3 Å². The normalized spacial score (nSPS) is 14.9. The van der Waals surface area contributed by atoms with Crippen LogP contribution in [0.4, 0.5) is 4.39 Å². The van der Waals surface area contributed by atoms with Crippen LogP contribution in [0.3, 0.4) is 0 Å².